The SMILES string of the molecule is CCc1cc(C2CN(C3COC3)C2)n(C(C)C)n1. The van der Waals surface area contributed by atoms with Crippen molar-refractivity contribution in [3.63, 3.8) is 0 Å². The molecular weight excluding hydrogens is 226 g/mol. The molecule has 4 nitrogen and oxygen atoms in total. The van der Waals surface area contributed by atoms with Gasteiger partial charge < -0.3 is 4.74 Å². The maximum absolute atomic E-state index is 5.26. The summed E-state index contributed by atoms with van der Waals surface area (Å²) in [4.78, 5) is 2.54. The molecule has 0 atom stereocenters. The van der Waals surface area contributed by atoms with E-state index in [1.54, 1.807) is 0 Å². The topological polar surface area (TPSA) is 30.3 Å². The van der Waals surface area contributed by atoms with Crippen molar-refractivity contribution in [3.05, 3.63) is 17.5 Å². The van der Waals surface area contributed by atoms with E-state index in [-0.39, 0.29) is 0 Å². The molecule has 3 rings (SSSR count). The first-order chi connectivity index (χ1) is 8.69. The highest BCUT2D eigenvalue weighted by Gasteiger charge is 2.38. The van der Waals surface area contributed by atoms with Crippen LogP contribution in [-0.2, 0) is 11.2 Å². The highest BCUT2D eigenvalue weighted by atomic mass is 16.5. The minimum atomic E-state index is 0.460. The lowest BCUT2D eigenvalue weighted by Gasteiger charge is -2.47. The van der Waals surface area contributed by atoms with Gasteiger partial charge in [0.15, 0.2) is 0 Å². The molecule has 100 valence electrons. The summed E-state index contributed by atoms with van der Waals surface area (Å²) < 4.78 is 7.48. The summed E-state index contributed by atoms with van der Waals surface area (Å²) in [5, 5.41) is 4.71. The molecule has 1 aromatic heterocycles. The summed E-state index contributed by atoms with van der Waals surface area (Å²) in [5.74, 6) is 0.667. The van der Waals surface area contributed by atoms with Crippen LogP contribution in [0, 0.1) is 0 Å². The molecule has 2 aliphatic rings. The van der Waals surface area contributed by atoms with Crippen LogP contribution >= 0.6 is 0 Å². The van der Waals surface area contributed by atoms with Gasteiger partial charge in [-0.15, -0.1) is 0 Å². The number of aryl methyl sites for hydroxylation is 1. The highest BCUT2D eigenvalue weighted by molar-refractivity contribution is 5.20. The van der Waals surface area contributed by atoms with E-state index >= 15 is 0 Å². The molecule has 0 aromatic carbocycles. The Bertz CT molecular complexity index is 417. The lowest BCUT2D eigenvalue weighted by Crippen LogP contribution is -2.58. The van der Waals surface area contributed by atoms with Crippen molar-refractivity contribution in [2.24, 2.45) is 0 Å². The Kier molecular flexibility index (Phi) is 3.16. The van der Waals surface area contributed by atoms with Crippen molar-refractivity contribution in [1.82, 2.24) is 14.7 Å². The lowest BCUT2D eigenvalue weighted by molar-refractivity contribution is -0.0913. The van der Waals surface area contributed by atoms with Gasteiger partial charge in [-0.1, -0.05) is 6.92 Å². The molecule has 1 aromatic rings. The molecule has 0 saturated carbocycles. The van der Waals surface area contributed by atoms with Crippen molar-refractivity contribution < 1.29 is 4.74 Å². The molecular formula is C14H23N3O. The molecule has 0 amide bonds. The zero-order chi connectivity index (χ0) is 12.7. The number of likely N-dealkylation sites (tertiary alicyclic amines) is 1. The largest absolute Gasteiger partial charge is 0.378 e. The number of ether oxygens (including phenoxy) is 1. The molecule has 2 fully saturated rings. The molecule has 0 N–H and O–H groups in total. The summed E-state index contributed by atoms with van der Waals surface area (Å²) in [6.45, 7) is 10.8. The fraction of sp³-hybridized carbons (Fsp3) is 0.786. The van der Waals surface area contributed by atoms with Gasteiger partial charge in [0.05, 0.1) is 24.9 Å². The summed E-state index contributed by atoms with van der Waals surface area (Å²) in [7, 11) is 0. The van der Waals surface area contributed by atoms with E-state index in [1.165, 1.54) is 24.5 Å². The summed E-state index contributed by atoms with van der Waals surface area (Å²) in [6, 6.07) is 3.45. The van der Waals surface area contributed by atoms with E-state index in [2.05, 4.69) is 36.4 Å². The molecule has 0 unspecified atom stereocenters. The van der Waals surface area contributed by atoms with E-state index in [9.17, 15) is 0 Å². The van der Waals surface area contributed by atoms with Gasteiger partial charge in [0.1, 0.15) is 0 Å². The normalized spacial score (nSPS) is 22.2. The Morgan fingerprint density at radius 1 is 1.39 bits per heavy atom. The zero-order valence-corrected chi connectivity index (χ0v) is 11.6. The smallest absolute Gasteiger partial charge is 0.0645 e. The van der Waals surface area contributed by atoms with E-state index in [0.29, 0.717) is 18.0 Å². The van der Waals surface area contributed by atoms with Gasteiger partial charge in [0.25, 0.3) is 0 Å². The monoisotopic (exact) mass is 249 g/mol. The van der Waals surface area contributed by atoms with Gasteiger partial charge in [0.2, 0.25) is 0 Å². The van der Waals surface area contributed by atoms with Gasteiger partial charge in [-0.2, -0.15) is 5.10 Å². The van der Waals surface area contributed by atoms with E-state index in [1.807, 2.05) is 0 Å². The number of aromatic nitrogens is 2. The standard InChI is InChI=1S/C14H23N3O/c1-4-12-5-14(17(15-12)10(2)3)11-6-16(7-11)13-8-18-9-13/h5,10-11,13H,4,6-9H2,1-3H3. The minimum absolute atomic E-state index is 0.460. The number of rotatable bonds is 4. The van der Waals surface area contributed by atoms with E-state index in [4.69, 9.17) is 9.84 Å². The molecule has 2 saturated heterocycles. The Morgan fingerprint density at radius 2 is 2.11 bits per heavy atom. The van der Waals surface area contributed by atoms with E-state index < -0.39 is 0 Å². The molecule has 0 aliphatic carbocycles. The fourth-order valence-electron chi connectivity index (χ4n) is 2.79. The quantitative estimate of drug-likeness (QED) is 0.815. The average Bonchev–Trinajstić information content (AvgIpc) is 2.63. The first-order valence-electron chi connectivity index (χ1n) is 7.09. The van der Waals surface area contributed by atoms with E-state index in [0.717, 1.165) is 19.6 Å². The predicted octanol–water partition coefficient (Wildman–Crippen LogP) is 1.82. The summed E-state index contributed by atoms with van der Waals surface area (Å²) in [5.41, 5.74) is 2.66. The van der Waals surface area contributed by atoms with Crippen LogP contribution in [0.5, 0.6) is 0 Å². The average molecular weight is 249 g/mol. The maximum Gasteiger partial charge on any atom is 0.0645 e. The minimum Gasteiger partial charge on any atom is -0.378 e. The highest BCUT2D eigenvalue weighted by Crippen LogP contribution is 2.32. The third-order valence-electron chi connectivity index (χ3n) is 4.13. The van der Waals surface area contributed by atoms with Crippen LogP contribution in [0.2, 0.25) is 0 Å². The number of hydrogen-bond acceptors (Lipinski definition) is 3. The Labute approximate surface area is 109 Å². The second-order valence-electron chi connectivity index (χ2n) is 5.79. The zero-order valence-electron chi connectivity index (χ0n) is 11.6. The van der Waals surface area contributed by atoms with Crippen LogP contribution in [-0.4, -0.2) is 47.0 Å². The molecule has 0 spiro atoms. The molecule has 18 heavy (non-hydrogen) atoms. The predicted molar refractivity (Wildman–Crippen MR) is 70.9 cm³/mol. The van der Waals surface area contributed by atoms with Crippen LogP contribution in [0.15, 0.2) is 6.07 Å². The molecule has 0 radical (unpaired) electrons. The second kappa shape index (κ2) is 4.67. The van der Waals surface area contributed by atoms with Crippen LogP contribution in [0.3, 0.4) is 0 Å². The van der Waals surface area contributed by atoms with Gasteiger partial charge >= 0.3 is 0 Å². The van der Waals surface area contributed by atoms with Crippen molar-refractivity contribution in [1.29, 1.82) is 0 Å². The van der Waals surface area contributed by atoms with Crippen molar-refractivity contribution >= 4 is 0 Å². The Morgan fingerprint density at radius 3 is 2.61 bits per heavy atom. The first-order valence-corrected chi connectivity index (χ1v) is 7.09. The molecule has 0 bridgehead atoms. The Balaban J connectivity index is 1.70. The van der Waals surface area contributed by atoms with Crippen molar-refractivity contribution in [2.45, 2.75) is 45.2 Å². The van der Waals surface area contributed by atoms with Crippen LogP contribution < -0.4 is 0 Å². The second-order valence-corrected chi connectivity index (χ2v) is 5.79. The van der Waals surface area contributed by atoms with Gasteiger partial charge in [0, 0.05) is 30.7 Å². The number of nitrogens with zero attached hydrogens (tertiary/aromatic N) is 3. The number of hydrogen-bond donors (Lipinski definition) is 0. The Hall–Kier alpha value is -0.870. The van der Waals surface area contributed by atoms with Gasteiger partial charge in [-0.05, 0) is 26.3 Å². The fourth-order valence-corrected chi connectivity index (χ4v) is 2.79. The van der Waals surface area contributed by atoms with Crippen LogP contribution in [0.4, 0.5) is 0 Å². The molecule has 4 heteroatoms. The third-order valence-corrected chi connectivity index (χ3v) is 4.13. The van der Waals surface area contributed by atoms with Crippen molar-refractivity contribution in [2.75, 3.05) is 26.3 Å². The van der Waals surface area contributed by atoms with Gasteiger partial charge in [-0.25, -0.2) is 0 Å². The van der Waals surface area contributed by atoms with Crippen molar-refractivity contribution in [3.8, 4) is 0 Å². The summed E-state index contributed by atoms with van der Waals surface area (Å²) in [6.07, 6.45) is 1.03. The third kappa shape index (κ3) is 1.97. The van der Waals surface area contributed by atoms with Crippen LogP contribution in [0.1, 0.15) is 44.1 Å². The van der Waals surface area contributed by atoms with Gasteiger partial charge in [-0.3, -0.25) is 9.58 Å². The van der Waals surface area contributed by atoms with Crippen LogP contribution in [0.25, 0.3) is 0 Å². The maximum atomic E-state index is 5.26. The molecule has 2 aliphatic heterocycles. The lowest BCUT2D eigenvalue weighted by atomic mass is 9.93. The first kappa shape index (κ1) is 12.2. The summed E-state index contributed by atoms with van der Waals surface area (Å²) >= 11 is 0. The molecule has 3 heterocycles.